The molecule has 2 aromatic rings. The molecule has 2 rings (SSSR count). The fourth-order valence-electron chi connectivity index (χ4n) is 2.10. The molecule has 94 valence electrons. The average molecular weight is 242 g/mol. The van der Waals surface area contributed by atoms with E-state index in [1.54, 1.807) is 16.9 Å². The largest absolute Gasteiger partial charge is 0.287 e. The summed E-state index contributed by atoms with van der Waals surface area (Å²) in [4.78, 5) is 12.5. The van der Waals surface area contributed by atoms with E-state index < -0.39 is 0 Å². The lowest BCUT2D eigenvalue weighted by Gasteiger charge is -2.08. The molecule has 0 aliphatic carbocycles. The number of hydrogen-bond acceptors (Lipinski definition) is 2. The third kappa shape index (κ3) is 2.35. The minimum absolute atomic E-state index is 0.0680. The Hall–Kier alpha value is -1.90. The maximum absolute atomic E-state index is 12.5. The highest BCUT2D eigenvalue weighted by molar-refractivity contribution is 6.08. The molecule has 0 unspecified atom stereocenters. The molecule has 1 aromatic heterocycles. The van der Waals surface area contributed by atoms with E-state index in [4.69, 9.17) is 0 Å². The first-order valence-electron chi connectivity index (χ1n) is 6.42. The molecule has 0 saturated heterocycles. The Morgan fingerprint density at radius 1 is 1.22 bits per heavy atom. The highest BCUT2D eigenvalue weighted by Gasteiger charge is 2.16. The Bertz CT molecular complexity index is 543. The van der Waals surface area contributed by atoms with Gasteiger partial charge in [-0.3, -0.25) is 9.48 Å². The van der Waals surface area contributed by atoms with Crippen molar-refractivity contribution in [3.05, 3.63) is 53.3 Å². The number of ketones is 1. The number of aryl methyl sites for hydroxylation is 2. The predicted molar refractivity (Wildman–Crippen MR) is 71.8 cm³/mol. The zero-order valence-electron chi connectivity index (χ0n) is 10.9. The van der Waals surface area contributed by atoms with Gasteiger partial charge in [0, 0.05) is 18.3 Å². The predicted octanol–water partition coefficient (Wildman–Crippen LogP) is 3.09. The van der Waals surface area contributed by atoms with Crippen molar-refractivity contribution in [3.8, 4) is 0 Å². The van der Waals surface area contributed by atoms with E-state index in [2.05, 4.69) is 18.9 Å². The molecule has 3 heteroatoms. The maximum atomic E-state index is 12.5. The molecule has 1 aromatic carbocycles. The second kappa shape index (κ2) is 5.63. The van der Waals surface area contributed by atoms with Gasteiger partial charge in [0.05, 0.1) is 0 Å². The second-order valence-corrected chi connectivity index (χ2v) is 4.28. The maximum Gasteiger partial charge on any atom is 0.211 e. The highest BCUT2D eigenvalue weighted by atomic mass is 16.1. The van der Waals surface area contributed by atoms with E-state index in [0.29, 0.717) is 5.69 Å². The highest BCUT2D eigenvalue weighted by Crippen LogP contribution is 2.15. The Morgan fingerprint density at radius 2 is 2.00 bits per heavy atom. The van der Waals surface area contributed by atoms with Crippen molar-refractivity contribution in [1.29, 1.82) is 0 Å². The van der Waals surface area contributed by atoms with Crippen molar-refractivity contribution in [2.45, 2.75) is 33.2 Å². The van der Waals surface area contributed by atoms with Crippen LogP contribution in [-0.4, -0.2) is 15.6 Å². The molecule has 0 bridgehead atoms. The lowest BCUT2D eigenvalue weighted by atomic mass is 10.00. The van der Waals surface area contributed by atoms with Crippen LogP contribution in [0.1, 0.15) is 41.9 Å². The van der Waals surface area contributed by atoms with Gasteiger partial charge in [-0.2, -0.15) is 5.10 Å². The molecule has 0 N–H and O–H groups in total. The van der Waals surface area contributed by atoms with Crippen LogP contribution in [0, 0.1) is 0 Å². The summed E-state index contributed by atoms with van der Waals surface area (Å²) >= 11 is 0. The van der Waals surface area contributed by atoms with Crippen molar-refractivity contribution in [3.63, 3.8) is 0 Å². The number of rotatable bonds is 5. The molecular weight excluding hydrogens is 224 g/mol. The van der Waals surface area contributed by atoms with Gasteiger partial charge in [-0.15, -0.1) is 0 Å². The summed E-state index contributed by atoms with van der Waals surface area (Å²) in [7, 11) is 0. The minimum Gasteiger partial charge on any atom is -0.287 e. The molecule has 0 fully saturated rings. The van der Waals surface area contributed by atoms with Gasteiger partial charge in [0.1, 0.15) is 5.69 Å². The van der Waals surface area contributed by atoms with Gasteiger partial charge in [0.2, 0.25) is 5.78 Å². The first-order chi connectivity index (χ1) is 8.77. The number of hydrogen-bond donors (Lipinski definition) is 0. The standard InChI is InChI=1S/C15H18N2O/c1-3-11-17-14(9-10-16-17)15(18)13-8-6-5-7-12(13)4-2/h5-10H,3-4,11H2,1-2H3. The first-order valence-corrected chi connectivity index (χ1v) is 6.42. The van der Waals surface area contributed by atoms with Gasteiger partial charge >= 0.3 is 0 Å². The van der Waals surface area contributed by atoms with Crippen LogP contribution in [0.4, 0.5) is 0 Å². The molecule has 1 heterocycles. The van der Waals surface area contributed by atoms with Gasteiger partial charge in [-0.1, -0.05) is 38.1 Å². The van der Waals surface area contributed by atoms with Gasteiger partial charge in [0.25, 0.3) is 0 Å². The molecule has 3 nitrogen and oxygen atoms in total. The molecule has 0 aliphatic rings. The van der Waals surface area contributed by atoms with E-state index >= 15 is 0 Å². The summed E-state index contributed by atoms with van der Waals surface area (Å²) in [6.45, 7) is 4.92. The van der Waals surface area contributed by atoms with Crippen LogP contribution in [0.2, 0.25) is 0 Å². The topological polar surface area (TPSA) is 34.9 Å². The van der Waals surface area contributed by atoms with Crippen molar-refractivity contribution < 1.29 is 4.79 Å². The fraction of sp³-hybridized carbons (Fsp3) is 0.333. The van der Waals surface area contributed by atoms with Crippen molar-refractivity contribution in [2.24, 2.45) is 0 Å². The molecule has 0 atom stereocenters. The summed E-state index contributed by atoms with van der Waals surface area (Å²) in [5, 5.41) is 4.20. The summed E-state index contributed by atoms with van der Waals surface area (Å²) in [5.41, 5.74) is 2.56. The van der Waals surface area contributed by atoms with Gasteiger partial charge in [-0.25, -0.2) is 0 Å². The molecule has 0 spiro atoms. The Kier molecular flexibility index (Phi) is 3.92. The number of nitrogens with zero attached hydrogens (tertiary/aromatic N) is 2. The van der Waals surface area contributed by atoms with Crippen LogP contribution < -0.4 is 0 Å². The van der Waals surface area contributed by atoms with Gasteiger partial charge in [-0.05, 0) is 24.5 Å². The Labute approximate surface area is 107 Å². The Balaban J connectivity index is 2.38. The van der Waals surface area contributed by atoms with E-state index in [-0.39, 0.29) is 5.78 Å². The van der Waals surface area contributed by atoms with Crippen LogP contribution in [0.25, 0.3) is 0 Å². The fourth-order valence-corrected chi connectivity index (χ4v) is 2.10. The van der Waals surface area contributed by atoms with Crippen LogP contribution in [0.15, 0.2) is 36.5 Å². The SMILES string of the molecule is CCCn1nccc1C(=O)c1ccccc1CC. The van der Waals surface area contributed by atoms with E-state index in [1.165, 1.54) is 0 Å². The average Bonchev–Trinajstić information content (AvgIpc) is 2.86. The number of aromatic nitrogens is 2. The van der Waals surface area contributed by atoms with Gasteiger partial charge < -0.3 is 0 Å². The van der Waals surface area contributed by atoms with Gasteiger partial charge in [0.15, 0.2) is 0 Å². The third-order valence-corrected chi connectivity index (χ3v) is 3.03. The van der Waals surface area contributed by atoms with Crippen LogP contribution in [0.5, 0.6) is 0 Å². The zero-order valence-corrected chi connectivity index (χ0v) is 10.9. The lowest BCUT2D eigenvalue weighted by molar-refractivity contribution is 0.102. The lowest BCUT2D eigenvalue weighted by Crippen LogP contribution is -2.13. The van der Waals surface area contributed by atoms with Crippen LogP contribution >= 0.6 is 0 Å². The van der Waals surface area contributed by atoms with E-state index in [1.807, 2.05) is 24.3 Å². The quantitative estimate of drug-likeness (QED) is 0.755. The van der Waals surface area contributed by atoms with E-state index in [0.717, 1.165) is 30.5 Å². The normalized spacial score (nSPS) is 10.6. The third-order valence-electron chi connectivity index (χ3n) is 3.03. The summed E-state index contributed by atoms with van der Waals surface area (Å²) in [6.07, 6.45) is 3.53. The zero-order chi connectivity index (χ0) is 13.0. The molecule has 0 amide bonds. The molecule has 0 saturated carbocycles. The smallest absolute Gasteiger partial charge is 0.211 e. The first kappa shape index (κ1) is 12.6. The summed E-state index contributed by atoms with van der Waals surface area (Å²) in [6, 6.07) is 9.58. The van der Waals surface area contributed by atoms with Crippen molar-refractivity contribution >= 4 is 5.78 Å². The molecule has 0 aliphatic heterocycles. The molecular formula is C15H18N2O. The van der Waals surface area contributed by atoms with Crippen molar-refractivity contribution in [2.75, 3.05) is 0 Å². The molecule has 0 radical (unpaired) electrons. The van der Waals surface area contributed by atoms with E-state index in [9.17, 15) is 4.79 Å². The summed E-state index contributed by atoms with van der Waals surface area (Å²) < 4.78 is 1.79. The summed E-state index contributed by atoms with van der Waals surface area (Å²) in [5.74, 6) is 0.0680. The number of carbonyl (C=O) groups excluding carboxylic acids is 1. The Morgan fingerprint density at radius 3 is 2.72 bits per heavy atom. The number of carbonyl (C=O) groups is 1. The number of benzene rings is 1. The van der Waals surface area contributed by atoms with Crippen LogP contribution in [0.3, 0.4) is 0 Å². The second-order valence-electron chi connectivity index (χ2n) is 4.28. The monoisotopic (exact) mass is 242 g/mol. The minimum atomic E-state index is 0.0680. The van der Waals surface area contributed by atoms with Crippen LogP contribution in [-0.2, 0) is 13.0 Å². The van der Waals surface area contributed by atoms with Crippen molar-refractivity contribution in [1.82, 2.24) is 9.78 Å². The molecule has 18 heavy (non-hydrogen) atoms.